The van der Waals surface area contributed by atoms with Gasteiger partial charge in [0.05, 0.1) is 0 Å². The van der Waals surface area contributed by atoms with Crippen LogP contribution in [0.1, 0.15) is 44.9 Å². The Balaban J connectivity index is 1.54. The van der Waals surface area contributed by atoms with Crippen molar-refractivity contribution in [3.05, 3.63) is 0 Å². The maximum atomic E-state index is 12.3. The monoisotopic (exact) mass is 255 g/mol. The molecule has 17 heavy (non-hydrogen) atoms. The molecule has 1 amide bonds. The zero-order valence-corrected chi connectivity index (χ0v) is 11.2. The lowest BCUT2D eigenvalue weighted by molar-refractivity contribution is -0.132. The van der Waals surface area contributed by atoms with Gasteiger partial charge in [0.1, 0.15) is 0 Å². The molecule has 3 aliphatic rings. The molecule has 3 aliphatic carbocycles. The first-order chi connectivity index (χ1) is 8.28. The van der Waals surface area contributed by atoms with E-state index in [-0.39, 0.29) is 0 Å². The molecule has 0 aliphatic heterocycles. The summed E-state index contributed by atoms with van der Waals surface area (Å²) in [5.74, 6) is 3.46. The van der Waals surface area contributed by atoms with Crippen LogP contribution in [0.2, 0.25) is 0 Å². The minimum atomic E-state index is 0.380. The first kappa shape index (κ1) is 11.8. The van der Waals surface area contributed by atoms with Crippen molar-refractivity contribution in [3.63, 3.8) is 0 Å². The van der Waals surface area contributed by atoms with Gasteiger partial charge < -0.3 is 4.90 Å². The van der Waals surface area contributed by atoms with Gasteiger partial charge in [-0.15, -0.1) is 11.6 Å². The van der Waals surface area contributed by atoms with E-state index in [9.17, 15) is 4.79 Å². The molecule has 3 unspecified atom stereocenters. The second kappa shape index (κ2) is 4.79. The summed E-state index contributed by atoms with van der Waals surface area (Å²) >= 11 is 5.80. The second-order valence-electron chi connectivity index (χ2n) is 6.15. The van der Waals surface area contributed by atoms with Crippen molar-refractivity contribution in [1.82, 2.24) is 4.90 Å². The molecule has 2 nitrogen and oxygen atoms in total. The average Bonchev–Trinajstić information content (AvgIpc) is 2.95. The molecule has 0 aromatic heterocycles. The van der Waals surface area contributed by atoms with Crippen LogP contribution >= 0.6 is 11.6 Å². The molecule has 96 valence electrons. The van der Waals surface area contributed by atoms with E-state index in [1.165, 1.54) is 38.5 Å². The molecule has 2 bridgehead atoms. The molecule has 3 atom stereocenters. The first-order valence-corrected chi connectivity index (χ1v) is 7.67. The van der Waals surface area contributed by atoms with Crippen molar-refractivity contribution in [1.29, 1.82) is 0 Å². The van der Waals surface area contributed by atoms with Gasteiger partial charge >= 0.3 is 0 Å². The predicted molar refractivity (Wildman–Crippen MR) is 69.0 cm³/mol. The third-order valence-corrected chi connectivity index (χ3v) is 5.12. The highest BCUT2D eigenvalue weighted by atomic mass is 35.5. The molecule has 3 rings (SSSR count). The molecule has 0 radical (unpaired) electrons. The number of hydrogen-bond acceptors (Lipinski definition) is 1. The van der Waals surface area contributed by atoms with Crippen LogP contribution in [0.5, 0.6) is 0 Å². The fraction of sp³-hybridized carbons (Fsp3) is 0.929. The van der Waals surface area contributed by atoms with Crippen LogP contribution in [0.25, 0.3) is 0 Å². The van der Waals surface area contributed by atoms with Crippen molar-refractivity contribution >= 4 is 17.5 Å². The zero-order chi connectivity index (χ0) is 11.8. The number of halogens is 1. The third kappa shape index (κ3) is 2.47. The number of rotatable bonds is 5. The predicted octanol–water partition coefficient (Wildman–Crippen LogP) is 3.04. The lowest BCUT2D eigenvalue weighted by Gasteiger charge is -2.26. The first-order valence-electron chi connectivity index (χ1n) is 7.13. The van der Waals surface area contributed by atoms with E-state index in [0.29, 0.717) is 23.7 Å². The highest BCUT2D eigenvalue weighted by Gasteiger charge is 2.41. The summed E-state index contributed by atoms with van der Waals surface area (Å²) in [6.07, 6.45) is 8.70. The Bertz CT molecular complexity index is 303. The molecule has 0 aromatic rings. The van der Waals surface area contributed by atoms with E-state index < -0.39 is 0 Å². The van der Waals surface area contributed by atoms with Crippen molar-refractivity contribution in [3.8, 4) is 0 Å². The van der Waals surface area contributed by atoms with E-state index in [1.807, 2.05) is 0 Å². The molecule has 3 heteroatoms. The minimum Gasteiger partial charge on any atom is -0.339 e. The van der Waals surface area contributed by atoms with Gasteiger partial charge in [-0.05, 0) is 49.9 Å². The molecular weight excluding hydrogens is 234 g/mol. The van der Waals surface area contributed by atoms with Crippen molar-refractivity contribution in [2.45, 2.75) is 51.0 Å². The fourth-order valence-corrected chi connectivity index (χ4v) is 4.14. The van der Waals surface area contributed by atoms with Gasteiger partial charge in [-0.3, -0.25) is 4.79 Å². The van der Waals surface area contributed by atoms with Crippen LogP contribution in [0.3, 0.4) is 0 Å². The van der Waals surface area contributed by atoms with E-state index in [1.54, 1.807) is 0 Å². The molecule has 3 fully saturated rings. The Hall–Kier alpha value is -0.240. The number of carbonyl (C=O) groups is 1. The summed E-state index contributed by atoms with van der Waals surface area (Å²) in [5, 5.41) is 0. The van der Waals surface area contributed by atoms with Gasteiger partial charge in [0.15, 0.2) is 0 Å². The number of fused-ring (bicyclic) bond motifs is 2. The van der Waals surface area contributed by atoms with Gasteiger partial charge in [0.25, 0.3) is 0 Å². The molecule has 0 N–H and O–H groups in total. The van der Waals surface area contributed by atoms with E-state index in [0.717, 1.165) is 24.8 Å². The minimum absolute atomic E-state index is 0.380. The van der Waals surface area contributed by atoms with Crippen LogP contribution in [0.15, 0.2) is 0 Å². The Morgan fingerprint density at radius 2 is 2.00 bits per heavy atom. The van der Waals surface area contributed by atoms with Crippen molar-refractivity contribution in [2.24, 2.45) is 17.8 Å². The van der Waals surface area contributed by atoms with Crippen LogP contribution in [-0.2, 0) is 4.79 Å². The lowest BCUT2D eigenvalue weighted by Crippen LogP contribution is -2.36. The van der Waals surface area contributed by atoms with Gasteiger partial charge in [-0.1, -0.05) is 6.42 Å². The smallest absolute Gasteiger partial charge is 0.223 e. The average molecular weight is 256 g/mol. The number of carbonyl (C=O) groups excluding carboxylic acids is 1. The third-order valence-electron chi connectivity index (χ3n) is 4.95. The number of nitrogens with zero attached hydrogens (tertiary/aromatic N) is 1. The van der Waals surface area contributed by atoms with Crippen molar-refractivity contribution in [2.75, 3.05) is 12.4 Å². The van der Waals surface area contributed by atoms with Gasteiger partial charge in [0.2, 0.25) is 5.91 Å². The summed E-state index contributed by atoms with van der Waals surface area (Å²) < 4.78 is 0. The maximum Gasteiger partial charge on any atom is 0.223 e. The lowest BCUT2D eigenvalue weighted by atomic mass is 9.86. The van der Waals surface area contributed by atoms with Crippen LogP contribution in [0.4, 0.5) is 0 Å². The Labute approximate surface area is 109 Å². The van der Waals surface area contributed by atoms with Gasteiger partial charge in [0, 0.05) is 24.9 Å². The fourth-order valence-electron chi connectivity index (χ4n) is 3.96. The number of hydrogen-bond donors (Lipinski definition) is 0. The van der Waals surface area contributed by atoms with E-state index >= 15 is 0 Å². The summed E-state index contributed by atoms with van der Waals surface area (Å²) in [5.41, 5.74) is 0. The Kier molecular flexibility index (Phi) is 3.34. The molecule has 0 spiro atoms. The highest BCUT2D eigenvalue weighted by molar-refractivity contribution is 6.18. The molecule has 0 saturated heterocycles. The van der Waals surface area contributed by atoms with Crippen LogP contribution in [0, 0.1) is 17.8 Å². The quantitative estimate of drug-likeness (QED) is 0.692. The Morgan fingerprint density at radius 3 is 2.53 bits per heavy atom. The largest absolute Gasteiger partial charge is 0.339 e. The normalized spacial score (nSPS) is 35.2. The summed E-state index contributed by atoms with van der Waals surface area (Å²) in [4.78, 5) is 14.4. The standard InChI is InChI=1S/C14H22ClNO/c15-5-6-16(13-3-4-13)14(17)9-12-8-10-1-2-11(12)7-10/h10-13H,1-9H2. The van der Waals surface area contributed by atoms with E-state index in [4.69, 9.17) is 11.6 Å². The molecule has 3 saturated carbocycles. The summed E-state index contributed by atoms with van der Waals surface area (Å²) in [6, 6.07) is 0.528. The highest BCUT2D eigenvalue weighted by Crippen LogP contribution is 2.49. The summed E-state index contributed by atoms with van der Waals surface area (Å²) in [7, 11) is 0. The second-order valence-corrected chi connectivity index (χ2v) is 6.52. The maximum absolute atomic E-state index is 12.3. The Morgan fingerprint density at radius 1 is 1.18 bits per heavy atom. The number of alkyl halides is 1. The topological polar surface area (TPSA) is 20.3 Å². The van der Waals surface area contributed by atoms with Gasteiger partial charge in [-0.2, -0.15) is 0 Å². The SMILES string of the molecule is O=C(CC1CC2CCC1C2)N(CCCl)C1CC1. The molecule has 0 heterocycles. The zero-order valence-electron chi connectivity index (χ0n) is 10.4. The van der Waals surface area contributed by atoms with Crippen LogP contribution < -0.4 is 0 Å². The van der Waals surface area contributed by atoms with E-state index in [2.05, 4.69) is 4.90 Å². The number of amides is 1. The molecule has 0 aromatic carbocycles. The summed E-state index contributed by atoms with van der Waals surface area (Å²) in [6.45, 7) is 0.756. The molecular formula is C14H22ClNO. The van der Waals surface area contributed by atoms with Crippen molar-refractivity contribution < 1.29 is 4.79 Å². The van der Waals surface area contributed by atoms with Crippen LogP contribution in [-0.4, -0.2) is 29.3 Å². The van der Waals surface area contributed by atoms with Gasteiger partial charge in [-0.25, -0.2) is 0 Å².